The number of benzene rings is 1. The molecule has 3 rings (SSSR count). The van der Waals surface area contributed by atoms with E-state index in [4.69, 9.17) is 10.5 Å². The molecule has 9 nitrogen and oxygen atoms in total. The molecular weight excluding hydrogens is 399 g/mol. The number of nitrogens with two attached hydrogens (primary N) is 1. The molecule has 11 heteroatoms. The SMILES string of the molecule is CC(C)C(Sc1nnc(N2CCOCC2)n1-c1cccc(F)c1)C(=O)NC(N)=O. The summed E-state index contributed by atoms with van der Waals surface area (Å²) >= 11 is 1.15. The molecule has 0 saturated carbocycles. The third kappa shape index (κ3) is 5.04. The Hall–Kier alpha value is -2.66. The average molecular weight is 422 g/mol. The number of thioether (sulfide) groups is 1. The number of rotatable bonds is 6. The van der Waals surface area contributed by atoms with E-state index in [1.165, 1.54) is 12.1 Å². The van der Waals surface area contributed by atoms with E-state index >= 15 is 0 Å². The molecule has 1 aromatic heterocycles. The fourth-order valence-corrected chi connectivity index (χ4v) is 3.99. The van der Waals surface area contributed by atoms with Crippen LogP contribution in [0, 0.1) is 11.7 Å². The lowest BCUT2D eigenvalue weighted by atomic mass is 10.1. The van der Waals surface area contributed by atoms with Crippen LogP contribution >= 0.6 is 11.8 Å². The second kappa shape index (κ2) is 9.23. The molecule has 1 aliphatic rings. The zero-order valence-electron chi connectivity index (χ0n) is 16.2. The van der Waals surface area contributed by atoms with Crippen molar-refractivity contribution in [3.8, 4) is 5.69 Å². The van der Waals surface area contributed by atoms with Gasteiger partial charge in [0.15, 0.2) is 5.16 Å². The van der Waals surface area contributed by atoms with Crippen molar-refractivity contribution in [2.75, 3.05) is 31.2 Å². The first-order valence-electron chi connectivity index (χ1n) is 9.18. The number of urea groups is 1. The lowest BCUT2D eigenvalue weighted by molar-refractivity contribution is -0.120. The quantitative estimate of drug-likeness (QED) is 0.679. The minimum atomic E-state index is -0.915. The van der Waals surface area contributed by atoms with Gasteiger partial charge in [0.05, 0.1) is 24.2 Å². The number of carbonyl (C=O) groups excluding carboxylic acids is 2. The summed E-state index contributed by atoms with van der Waals surface area (Å²) < 4.78 is 21.0. The maximum absolute atomic E-state index is 13.9. The summed E-state index contributed by atoms with van der Waals surface area (Å²) in [5.41, 5.74) is 5.63. The number of imide groups is 1. The van der Waals surface area contributed by atoms with Gasteiger partial charge in [0.1, 0.15) is 5.82 Å². The zero-order chi connectivity index (χ0) is 21.0. The molecule has 2 heterocycles. The Labute approximate surface area is 171 Å². The Bertz CT molecular complexity index is 884. The van der Waals surface area contributed by atoms with Gasteiger partial charge in [0.2, 0.25) is 11.9 Å². The summed E-state index contributed by atoms with van der Waals surface area (Å²) in [7, 11) is 0. The van der Waals surface area contributed by atoms with Gasteiger partial charge >= 0.3 is 6.03 Å². The molecule has 1 saturated heterocycles. The van der Waals surface area contributed by atoms with Gasteiger partial charge in [-0.25, -0.2) is 9.18 Å². The second-order valence-electron chi connectivity index (χ2n) is 6.83. The van der Waals surface area contributed by atoms with Crippen molar-refractivity contribution in [2.45, 2.75) is 24.3 Å². The molecule has 0 aliphatic carbocycles. The van der Waals surface area contributed by atoms with Crippen LogP contribution in [-0.2, 0) is 9.53 Å². The van der Waals surface area contributed by atoms with Gasteiger partial charge in [-0.05, 0) is 24.1 Å². The molecule has 0 bridgehead atoms. The van der Waals surface area contributed by atoms with Gasteiger partial charge in [0, 0.05) is 13.1 Å². The van der Waals surface area contributed by atoms with Crippen molar-refractivity contribution >= 4 is 29.6 Å². The van der Waals surface area contributed by atoms with Crippen molar-refractivity contribution in [1.82, 2.24) is 20.1 Å². The monoisotopic (exact) mass is 422 g/mol. The highest BCUT2D eigenvalue weighted by molar-refractivity contribution is 8.00. The van der Waals surface area contributed by atoms with E-state index in [1.807, 2.05) is 18.7 Å². The van der Waals surface area contributed by atoms with Gasteiger partial charge in [-0.3, -0.25) is 14.7 Å². The van der Waals surface area contributed by atoms with Crippen LogP contribution in [0.15, 0.2) is 29.4 Å². The molecule has 3 N–H and O–H groups in total. The highest BCUT2D eigenvalue weighted by Gasteiger charge is 2.29. The number of ether oxygens (including phenoxy) is 1. The Morgan fingerprint density at radius 1 is 1.28 bits per heavy atom. The van der Waals surface area contributed by atoms with Crippen molar-refractivity contribution in [3.05, 3.63) is 30.1 Å². The summed E-state index contributed by atoms with van der Waals surface area (Å²) in [6, 6.07) is 5.16. The normalized spacial score (nSPS) is 15.4. The third-order valence-electron chi connectivity index (χ3n) is 4.32. The summed E-state index contributed by atoms with van der Waals surface area (Å²) in [6.45, 7) is 6.04. The van der Waals surface area contributed by atoms with E-state index < -0.39 is 23.0 Å². The Kier molecular flexibility index (Phi) is 6.70. The fraction of sp³-hybridized carbons (Fsp3) is 0.444. The van der Waals surface area contributed by atoms with Crippen LogP contribution in [0.4, 0.5) is 15.1 Å². The maximum Gasteiger partial charge on any atom is 0.318 e. The van der Waals surface area contributed by atoms with Gasteiger partial charge in [0.25, 0.3) is 0 Å². The molecule has 1 unspecified atom stereocenters. The molecule has 1 aliphatic heterocycles. The molecule has 156 valence electrons. The third-order valence-corrected chi connectivity index (χ3v) is 5.81. The van der Waals surface area contributed by atoms with Gasteiger partial charge < -0.3 is 15.4 Å². The van der Waals surface area contributed by atoms with Crippen molar-refractivity contribution in [2.24, 2.45) is 11.7 Å². The second-order valence-corrected chi connectivity index (χ2v) is 7.94. The Morgan fingerprint density at radius 3 is 2.62 bits per heavy atom. The Balaban J connectivity index is 2.00. The number of primary amides is 1. The summed E-state index contributed by atoms with van der Waals surface area (Å²) in [5.74, 6) is -0.491. The number of morpholine rings is 1. The molecular formula is C18H23FN6O3S. The van der Waals surface area contributed by atoms with Crippen LogP contribution in [0.25, 0.3) is 5.69 Å². The molecule has 1 aromatic carbocycles. The highest BCUT2D eigenvalue weighted by Crippen LogP contribution is 2.32. The van der Waals surface area contributed by atoms with Crippen molar-refractivity contribution < 1.29 is 18.7 Å². The number of hydrogen-bond acceptors (Lipinski definition) is 7. The first-order valence-corrected chi connectivity index (χ1v) is 10.1. The number of nitrogens with one attached hydrogen (secondary N) is 1. The van der Waals surface area contributed by atoms with Crippen LogP contribution in [0.2, 0.25) is 0 Å². The first kappa shape index (κ1) is 21.1. The van der Waals surface area contributed by atoms with Crippen LogP contribution in [0.5, 0.6) is 0 Å². The van der Waals surface area contributed by atoms with E-state index in [1.54, 1.807) is 16.7 Å². The van der Waals surface area contributed by atoms with E-state index in [-0.39, 0.29) is 5.92 Å². The highest BCUT2D eigenvalue weighted by atomic mass is 32.2. The lowest BCUT2D eigenvalue weighted by Crippen LogP contribution is -2.42. The van der Waals surface area contributed by atoms with Gasteiger partial charge in [-0.1, -0.05) is 31.7 Å². The number of aromatic nitrogens is 3. The minimum Gasteiger partial charge on any atom is -0.378 e. The molecule has 2 aromatic rings. The standard InChI is InChI=1S/C18H23FN6O3S/c1-11(2)14(15(26)21-16(20)27)29-18-23-22-17(24-6-8-28-9-7-24)25(18)13-5-3-4-12(19)10-13/h3-5,10-11,14H,6-9H2,1-2H3,(H3,20,21,26,27). The van der Waals surface area contributed by atoms with E-state index in [0.717, 1.165) is 11.8 Å². The number of halogens is 1. The van der Waals surface area contributed by atoms with Gasteiger partial charge in [-0.15, -0.1) is 10.2 Å². The Morgan fingerprint density at radius 2 is 2.00 bits per heavy atom. The zero-order valence-corrected chi connectivity index (χ0v) is 17.0. The lowest BCUT2D eigenvalue weighted by Gasteiger charge is -2.28. The smallest absolute Gasteiger partial charge is 0.318 e. The number of amides is 3. The number of carbonyl (C=O) groups is 2. The molecule has 29 heavy (non-hydrogen) atoms. The van der Waals surface area contributed by atoms with Crippen molar-refractivity contribution in [1.29, 1.82) is 0 Å². The molecule has 1 atom stereocenters. The molecule has 1 fully saturated rings. The predicted molar refractivity (Wildman–Crippen MR) is 107 cm³/mol. The average Bonchev–Trinajstić information content (AvgIpc) is 3.09. The number of anilines is 1. The molecule has 3 amide bonds. The molecule has 0 radical (unpaired) electrons. The van der Waals surface area contributed by atoms with Crippen LogP contribution < -0.4 is 16.0 Å². The van der Waals surface area contributed by atoms with E-state index in [2.05, 4.69) is 15.5 Å². The predicted octanol–water partition coefficient (Wildman–Crippen LogP) is 1.55. The molecule has 0 spiro atoms. The summed E-state index contributed by atoms with van der Waals surface area (Å²) in [4.78, 5) is 25.5. The topological polar surface area (TPSA) is 115 Å². The van der Waals surface area contributed by atoms with Crippen molar-refractivity contribution in [3.63, 3.8) is 0 Å². The number of hydrogen-bond donors (Lipinski definition) is 2. The summed E-state index contributed by atoms with van der Waals surface area (Å²) in [6.07, 6.45) is 0. The summed E-state index contributed by atoms with van der Waals surface area (Å²) in [5, 5.41) is 10.4. The van der Waals surface area contributed by atoms with Crippen LogP contribution in [0.3, 0.4) is 0 Å². The largest absolute Gasteiger partial charge is 0.378 e. The minimum absolute atomic E-state index is 0.121. The van der Waals surface area contributed by atoms with E-state index in [0.29, 0.717) is 43.1 Å². The first-order chi connectivity index (χ1) is 13.9. The number of nitrogens with zero attached hydrogens (tertiary/aromatic N) is 4. The van der Waals surface area contributed by atoms with E-state index in [9.17, 15) is 14.0 Å². The maximum atomic E-state index is 13.9. The van der Waals surface area contributed by atoms with Crippen LogP contribution in [-0.4, -0.2) is 58.3 Å². The fourth-order valence-electron chi connectivity index (χ4n) is 2.95. The van der Waals surface area contributed by atoms with Crippen LogP contribution in [0.1, 0.15) is 13.8 Å². The van der Waals surface area contributed by atoms with Gasteiger partial charge in [-0.2, -0.15) is 0 Å².